The van der Waals surface area contributed by atoms with Crippen LogP contribution < -0.4 is 5.32 Å². The molecule has 26 heavy (non-hydrogen) atoms. The number of aliphatic hydroxyl groups excluding tert-OH is 1. The van der Waals surface area contributed by atoms with E-state index in [4.69, 9.17) is 9.98 Å². The number of halogens is 1. The van der Waals surface area contributed by atoms with Gasteiger partial charge in [-0.15, -0.1) is 35.3 Å². The molecule has 0 unspecified atom stereocenters. The predicted molar refractivity (Wildman–Crippen MR) is 118 cm³/mol. The van der Waals surface area contributed by atoms with Crippen molar-refractivity contribution in [3.63, 3.8) is 0 Å². The minimum Gasteiger partial charge on any atom is -0.391 e. The largest absolute Gasteiger partial charge is 0.391 e. The first kappa shape index (κ1) is 21.1. The highest BCUT2D eigenvalue weighted by molar-refractivity contribution is 14.0. The lowest BCUT2D eigenvalue weighted by Gasteiger charge is -2.20. The maximum Gasteiger partial charge on any atom is 0.194 e. The van der Waals surface area contributed by atoms with Crippen LogP contribution in [0.2, 0.25) is 0 Å². The van der Waals surface area contributed by atoms with Crippen molar-refractivity contribution in [2.24, 2.45) is 4.99 Å². The lowest BCUT2D eigenvalue weighted by Crippen LogP contribution is -2.40. The maximum atomic E-state index is 9.72. The molecule has 0 radical (unpaired) electrons. The summed E-state index contributed by atoms with van der Waals surface area (Å²) in [6, 6.07) is 10.5. The van der Waals surface area contributed by atoms with Gasteiger partial charge in [-0.1, -0.05) is 30.3 Å². The third-order valence-corrected chi connectivity index (χ3v) is 5.22. The molecule has 2 N–H and O–H groups in total. The summed E-state index contributed by atoms with van der Waals surface area (Å²) in [6.07, 6.45) is 2.56. The van der Waals surface area contributed by atoms with Crippen LogP contribution in [0.3, 0.4) is 0 Å². The van der Waals surface area contributed by atoms with Gasteiger partial charge in [0, 0.05) is 31.4 Å². The van der Waals surface area contributed by atoms with Crippen LogP contribution in [-0.2, 0) is 19.4 Å². The molecule has 0 spiro atoms. The summed E-state index contributed by atoms with van der Waals surface area (Å²) in [6.45, 7) is 4.98. The first-order valence-corrected chi connectivity index (χ1v) is 9.81. The Labute approximate surface area is 176 Å². The molecule has 1 aromatic carbocycles. The molecule has 0 bridgehead atoms. The lowest BCUT2D eigenvalue weighted by atomic mass is 10.1. The van der Waals surface area contributed by atoms with Crippen molar-refractivity contribution < 1.29 is 5.11 Å². The van der Waals surface area contributed by atoms with Gasteiger partial charge in [-0.3, -0.25) is 0 Å². The van der Waals surface area contributed by atoms with Crippen LogP contribution in [0.15, 0.2) is 40.7 Å². The van der Waals surface area contributed by atoms with E-state index in [0.717, 1.165) is 49.0 Å². The number of aliphatic imine (C=N–C) groups is 1. The number of hydrogen-bond donors (Lipinski definition) is 2. The second kappa shape index (κ2) is 10.8. The molecule has 5 nitrogen and oxygen atoms in total. The van der Waals surface area contributed by atoms with E-state index in [0.29, 0.717) is 13.1 Å². The second-order valence-electron chi connectivity index (χ2n) is 6.28. The van der Waals surface area contributed by atoms with Crippen molar-refractivity contribution in [3.05, 3.63) is 52.0 Å². The maximum absolute atomic E-state index is 9.72. The van der Waals surface area contributed by atoms with Gasteiger partial charge in [0.05, 0.1) is 23.4 Å². The van der Waals surface area contributed by atoms with E-state index in [1.54, 1.807) is 11.3 Å². The van der Waals surface area contributed by atoms with Crippen molar-refractivity contribution in [2.45, 2.75) is 38.8 Å². The van der Waals surface area contributed by atoms with Gasteiger partial charge in [-0.2, -0.15) is 0 Å². The summed E-state index contributed by atoms with van der Waals surface area (Å²) in [5, 5.41) is 16.3. The molecular weight excluding hydrogens is 459 g/mol. The summed E-state index contributed by atoms with van der Waals surface area (Å²) < 4.78 is 0. The molecule has 0 amide bonds. The molecule has 2 aromatic rings. The molecule has 1 aliphatic rings. The second-order valence-corrected chi connectivity index (χ2v) is 7.22. The number of guanidine groups is 1. The number of β-amino-alcohol motifs (C(OH)–C–C–N with tert-alkyl or cyclic N) is 1. The van der Waals surface area contributed by atoms with Crippen molar-refractivity contribution in [2.75, 3.05) is 19.6 Å². The van der Waals surface area contributed by atoms with E-state index in [9.17, 15) is 5.11 Å². The zero-order chi connectivity index (χ0) is 17.5. The lowest BCUT2D eigenvalue weighted by molar-refractivity contribution is 0.188. The zero-order valence-corrected chi connectivity index (χ0v) is 18.2. The molecule has 0 aliphatic carbocycles. The highest BCUT2D eigenvalue weighted by Crippen LogP contribution is 2.15. The summed E-state index contributed by atoms with van der Waals surface area (Å²) >= 11 is 1.71. The van der Waals surface area contributed by atoms with Gasteiger partial charge in [0.25, 0.3) is 0 Å². The van der Waals surface area contributed by atoms with Gasteiger partial charge < -0.3 is 15.3 Å². The number of aryl methyl sites for hydroxylation is 2. The zero-order valence-electron chi connectivity index (χ0n) is 15.1. The molecule has 3 rings (SSSR count). The molecule has 142 valence electrons. The summed E-state index contributed by atoms with van der Waals surface area (Å²) in [4.78, 5) is 11.5. The molecule has 1 fully saturated rings. The fourth-order valence-electron chi connectivity index (χ4n) is 2.95. The summed E-state index contributed by atoms with van der Waals surface area (Å²) in [5.41, 5.74) is 2.36. The molecule has 1 aromatic heterocycles. The number of benzene rings is 1. The SMILES string of the molecule is CCNC(=NCc1csc(CCc2ccccc2)n1)N1CC[C@@H](O)C1.I. The van der Waals surface area contributed by atoms with Crippen molar-refractivity contribution in [1.82, 2.24) is 15.2 Å². The highest BCUT2D eigenvalue weighted by atomic mass is 127. The third-order valence-electron chi connectivity index (χ3n) is 4.26. The normalized spacial score (nSPS) is 17.2. The van der Waals surface area contributed by atoms with E-state index in [-0.39, 0.29) is 30.1 Å². The first-order chi connectivity index (χ1) is 12.2. The summed E-state index contributed by atoms with van der Waals surface area (Å²) in [7, 11) is 0. The monoisotopic (exact) mass is 486 g/mol. The fraction of sp³-hybridized carbons (Fsp3) is 0.474. The number of thiazole rings is 1. The Kier molecular flexibility index (Phi) is 8.80. The Morgan fingerprint density at radius 3 is 2.85 bits per heavy atom. The van der Waals surface area contributed by atoms with Crippen LogP contribution in [-0.4, -0.2) is 46.7 Å². The van der Waals surface area contributed by atoms with Gasteiger partial charge in [-0.05, 0) is 25.3 Å². The molecule has 1 atom stereocenters. The van der Waals surface area contributed by atoms with Crippen LogP contribution in [0.5, 0.6) is 0 Å². The Balaban J connectivity index is 0.00000243. The number of aliphatic hydroxyl groups is 1. The minimum atomic E-state index is -0.243. The number of hydrogen-bond acceptors (Lipinski definition) is 4. The van der Waals surface area contributed by atoms with Crippen molar-refractivity contribution in [3.8, 4) is 0 Å². The number of rotatable bonds is 6. The molecule has 7 heteroatoms. The van der Waals surface area contributed by atoms with Gasteiger partial charge in [0.2, 0.25) is 0 Å². The number of aromatic nitrogens is 1. The van der Waals surface area contributed by atoms with Crippen LogP contribution in [0, 0.1) is 0 Å². The van der Waals surface area contributed by atoms with E-state index >= 15 is 0 Å². The van der Waals surface area contributed by atoms with Gasteiger partial charge in [0.1, 0.15) is 0 Å². The highest BCUT2D eigenvalue weighted by Gasteiger charge is 2.22. The Morgan fingerprint density at radius 2 is 2.15 bits per heavy atom. The van der Waals surface area contributed by atoms with E-state index in [2.05, 4.69) is 46.8 Å². The number of likely N-dealkylation sites (tertiary alicyclic amines) is 1. The molecule has 1 aliphatic heterocycles. The fourth-order valence-corrected chi connectivity index (χ4v) is 3.74. The first-order valence-electron chi connectivity index (χ1n) is 8.93. The van der Waals surface area contributed by atoms with Crippen LogP contribution in [0.25, 0.3) is 0 Å². The van der Waals surface area contributed by atoms with Crippen molar-refractivity contribution in [1.29, 1.82) is 0 Å². The van der Waals surface area contributed by atoms with Crippen LogP contribution in [0.4, 0.5) is 0 Å². The molecule has 2 heterocycles. The molecule has 1 saturated heterocycles. The van der Waals surface area contributed by atoms with Gasteiger partial charge >= 0.3 is 0 Å². The molecule has 0 saturated carbocycles. The van der Waals surface area contributed by atoms with E-state index < -0.39 is 0 Å². The standard InChI is InChI=1S/C19H26N4OS.HI/c1-2-20-19(23-11-10-17(24)13-23)21-12-16-14-25-18(22-16)9-8-15-6-4-3-5-7-15;/h3-7,14,17,24H,2,8-13H2,1H3,(H,20,21);1H/t17-;/m1./s1. The Morgan fingerprint density at radius 1 is 1.35 bits per heavy atom. The quantitative estimate of drug-likeness (QED) is 0.375. The molecular formula is C19H27IN4OS. The average Bonchev–Trinajstić information content (AvgIpc) is 3.27. The van der Waals surface area contributed by atoms with Crippen LogP contribution >= 0.6 is 35.3 Å². The summed E-state index contributed by atoms with van der Waals surface area (Å²) in [5.74, 6) is 0.873. The minimum absolute atomic E-state index is 0. The smallest absolute Gasteiger partial charge is 0.194 e. The van der Waals surface area contributed by atoms with Gasteiger partial charge in [0.15, 0.2) is 5.96 Å². The number of nitrogens with zero attached hydrogens (tertiary/aromatic N) is 3. The average molecular weight is 486 g/mol. The Bertz CT molecular complexity index is 692. The van der Waals surface area contributed by atoms with Gasteiger partial charge in [-0.25, -0.2) is 9.98 Å². The third kappa shape index (κ3) is 6.21. The van der Waals surface area contributed by atoms with E-state index in [1.807, 2.05) is 6.07 Å². The van der Waals surface area contributed by atoms with Crippen molar-refractivity contribution >= 4 is 41.3 Å². The van der Waals surface area contributed by atoms with Crippen LogP contribution in [0.1, 0.15) is 29.6 Å². The topological polar surface area (TPSA) is 60.8 Å². The number of nitrogens with one attached hydrogen (secondary N) is 1. The van der Waals surface area contributed by atoms with E-state index in [1.165, 1.54) is 5.56 Å². The Hall–Kier alpha value is -1.19. The predicted octanol–water partition coefficient (Wildman–Crippen LogP) is 3.08.